The summed E-state index contributed by atoms with van der Waals surface area (Å²) in [5.74, 6) is 0. The summed E-state index contributed by atoms with van der Waals surface area (Å²) < 4.78 is 0. The van der Waals surface area contributed by atoms with Crippen LogP contribution in [0, 0.1) is 13.8 Å². The number of hydrogen-bond acceptors (Lipinski definition) is 2. The van der Waals surface area contributed by atoms with E-state index in [0.717, 1.165) is 25.8 Å². The van der Waals surface area contributed by atoms with Crippen molar-refractivity contribution in [3.8, 4) is 0 Å². The Hall–Kier alpha value is -2.13. The summed E-state index contributed by atoms with van der Waals surface area (Å²) in [5, 5.41) is 5.79. The first-order chi connectivity index (χ1) is 11.2. The molecule has 0 saturated carbocycles. The molecule has 0 fully saturated rings. The molecule has 124 valence electrons. The lowest BCUT2D eigenvalue weighted by molar-refractivity contribution is -0.109. The molecule has 0 heterocycles. The molecule has 0 atom stereocenters. The maximum atomic E-state index is 9.97. The van der Waals surface area contributed by atoms with E-state index in [1.54, 1.807) is 0 Å². The smallest absolute Gasteiger partial charge is 0.207 e. The van der Waals surface area contributed by atoms with E-state index in [9.17, 15) is 4.79 Å². The van der Waals surface area contributed by atoms with E-state index in [1.165, 1.54) is 22.3 Å². The van der Waals surface area contributed by atoms with Crippen molar-refractivity contribution >= 4 is 6.41 Å². The van der Waals surface area contributed by atoms with Gasteiger partial charge in [-0.25, -0.2) is 0 Å². The van der Waals surface area contributed by atoms with Crippen molar-refractivity contribution < 1.29 is 4.79 Å². The Labute approximate surface area is 140 Å². The standard InChI is InChI=1S/C10H13NO.C10H15N/c1-9-4-2-3-5-10(9)6-7-11-8-12;1-9-5-3-4-6-10(9)7-8-11-2/h2-5,8H,6-7H2,1H3,(H,11,12);3-6,11H,7-8H2,1-2H3. The number of nitrogens with one attached hydrogen (secondary N) is 2. The van der Waals surface area contributed by atoms with Gasteiger partial charge >= 0.3 is 0 Å². The molecule has 3 heteroatoms. The van der Waals surface area contributed by atoms with E-state index in [2.05, 4.69) is 60.9 Å². The predicted octanol–water partition coefficient (Wildman–Crippen LogP) is 3.04. The lowest BCUT2D eigenvalue weighted by Gasteiger charge is -2.03. The van der Waals surface area contributed by atoms with Crippen molar-refractivity contribution in [3.63, 3.8) is 0 Å². The van der Waals surface area contributed by atoms with Gasteiger partial charge in [0.1, 0.15) is 0 Å². The van der Waals surface area contributed by atoms with E-state index >= 15 is 0 Å². The molecule has 0 unspecified atom stereocenters. The van der Waals surface area contributed by atoms with Crippen LogP contribution in [0.5, 0.6) is 0 Å². The largest absolute Gasteiger partial charge is 0.358 e. The minimum atomic E-state index is 0.717. The maximum absolute atomic E-state index is 9.97. The van der Waals surface area contributed by atoms with Crippen LogP contribution in [-0.2, 0) is 17.6 Å². The molecule has 1 amide bonds. The average Bonchev–Trinajstić information content (AvgIpc) is 2.57. The van der Waals surface area contributed by atoms with Crippen molar-refractivity contribution in [1.82, 2.24) is 10.6 Å². The first-order valence-corrected chi connectivity index (χ1v) is 8.09. The fraction of sp³-hybridized carbons (Fsp3) is 0.350. The second-order valence-electron chi connectivity index (χ2n) is 5.53. The summed E-state index contributed by atoms with van der Waals surface area (Å²) in [7, 11) is 1.98. The van der Waals surface area contributed by atoms with Gasteiger partial charge in [0.2, 0.25) is 6.41 Å². The Bertz CT molecular complexity index is 581. The summed E-state index contributed by atoms with van der Waals surface area (Å²) in [4.78, 5) is 9.97. The lowest BCUT2D eigenvalue weighted by atomic mass is 10.1. The van der Waals surface area contributed by atoms with Gasteiger partial charge in [0.05, 0.1) is 0 Å². The van der Waals surface area contributed by atoms with Crippen molar-refractivity contribution in [2.75, 3.05) is 20.1 Å². The highest BCUT2D eigenvalue weighted by Gasteiger charge is 1.95. The van der Waals surface area contributed by atoms with Gasteiger partial charge in [0, 0.05) is 6.54 Å². The predicted molar refractivity (Wildman–Crippen MR) is 97.8 cm³/mol. The van der Waals surface area contributed by atoms with Crippen LogP contribution in [0.25, 0.3) is 0 Å². The Morgan fingerprint density at radius 1 is 0.826 bits per heavy atom. The van der Waals surface area contributed by atoms with Gasteiger partial charge in [-0.2, -0.15) is 0 Å². The van der Waals surface area contributed by atoms with E-state index < -0.39 is 0 Å². The Balaban J connectivity index is 0.000000231. The molecule has 0 saturated heterocycles. The molecule has 0 spiro atoms. The highest BCUT2D eigenvalue weighted by molar-refractivity contribution is 5.45. The SMILES string of the molecule is CNCCc1ccccc1C.Cc1ccccc1CCNC=O. The number of likely N-dealkylation sites (N-methyl/N-ethyl adjacent to an activating group) is 1. The summed E-state index contributed by atoms with van der Waals surface area (Å²) in [6.07, 6.45) is 2.77. The number of carbonyl (C=O) groups excluding carboxylic acids is 1. The van der Waals surface area contributed by atoms with Crippen molar-refractivity contribution in [2.45, 2.75) is 26.7 Å². The van der Waals surface area contributed by atoms with Gasteiger partial charge in [-0.3, -0.25) is 4.79 Å². The number of benzene rings is 2. The molecule has 2 aromatic carbocycles. The molecule has 0 aliphatic carbocycles. The van der Waals surface area contributed by atoms with E-state index in [4.69, 9.17) is 0 Å². The molecule has 0 aromatic heterocycles. The van der Waals surface area contributed by atoms with E-state index in [1.807, 2.05) is 19.2 Å². The number of hydrogen-bond donors (Lipinski definition) is 2. The highest BCUT2D eigenvalue weighted by atomic mass is 16.1. The molecule has 2 rings (SSSR count). The van der Waals surface area contributed by atoms with E-state index in [0.29, 0.717) is 6.54 Å². The van der Waals surface area contributed by atoms with Gasteiger partial charge in [0.25, 0.3) is 0 Å². The second kappa shape index (κ2) is 11.4. The zero-order valence-electron chi connectivity index (χ0n) is 14.4. The van der Waals surface area contributed by atoms with Crippen LogP contribution < -0.4 is 10.6 Å². The summed E-state index contributed by atoms with van der Waals surface area (Å²) >= 11 is 0. The zero-order valence-corrected chi connectivity index (χ0v) is 14.4. The molecular weight excluding hydrogens is 284 g/mol. The van der Waals surface area contributed by atoms with Gasteiger partial charge in [-0.15, -0.1) is 0 Å². The molecular formula is C20H28N2O. The average molecular weight is 312 g/mol. The molecule has 0 radical (unpaired) electrons. The summed E-state index contributed by atoms with van der Waals surface area (Å²) in [6.45, 7) is 6.01. The van der Waals surface area contributed by atoms with Crippen LogP contribution in [0.2, 0.25) is 0 Å². The van der Waals surface area contributed by atoms with Crippen molar-refractivity contribution in [1.29, 1.82) is 0 Å². The van der Waals surface area contributed by atoms with Crippen LogP contribution in [-0.4, -0.2) is 26.5 Å². The van der Waals surface area contributed by atoms with Gasteiger partial charge in [-0.1, -0.05) is 48.5 Å². The third-order valence-corrected chi connectivity index (χ3v) is 3.79. The number of amides is 1. The van der Waals surface area contributed by atoms with Crippen molar-refractivity contribution in [2.24, 2.45) is 0 Å². The quantitative estimate of drug-likeness (QED) is 0.609. The second-order valence-corrected chi connectivity index (χ2v) is 5.53. The maximum Gasteiger partial charge on any atom is 0.207 e. The molecule has 3 nitrogen and oxygen atoms in total. The Morgan fingerprint density at radius 3 is 1.74 bits per heavy atom. The minimum absolute atomic E-state index is 0.717. The van der Waals surface area contributed by atoms with E-state index in [-0.39, 0.29) is 0 Å². The fourth-order valence-corrected chi connectivity index (χ4v) is 2.31. The molecule has 2 N–H and O–H groups in total. The number of rotatable bonds is 7. The number of carbonyl (C=O) groups is 1. The number of aryl methyl sites for hydroxylation is 2. The first-order valence-electron chi connectivity index (χ1n) is 8.09. The lowest BCUT2D eigenvalue weighted by Crippen LogP contribution is -2.14. The Morgan fingerprint density at radius 2 is 1.30 bits per heavy atom. The molecule has 0 aliphatic rings. The topological polar surface area (TPSA) is 41.1 Å². The van der Waals surface area contributed by atoms with Gasteiger partial charge in [-0.05, 0) is 62.5 Å². The molecule has 0 bridgehead atoms. The summed E-state index contributed by atoms with van der Waals surface area (Å²) in [6, 6.07) is 16.7. The zero-order chi connectivity index (χ0) is 16.9. The van der Waals surface area contributed by atoms with Crippen LogP contribution in [0.3, 0.4) is 0 Å². The third-order valence-electron chi connectivity index (χ3n) is 3.79. The monoisotopic (exact) mass is 312 g/mol. The first kappa shape index (κ1) is 18.9. The van der Waals surface area contributed by atoms with Crippen LogP contribution in [0.4, 0.5) is 0 Å². The molecule has 2 aromatic rings. The third kappa shape index (κ3) is 7.61. The van der Waals surface area contributed by atoms with Crippen LogP contribution >= 0.6 is 0 Å². The normalized spacial score (nSPS) is 9.70. The van der Waals surface area contributed by atoms with Crippen molar-refractivity contribution in [3.05, 3.63) is 70.8 Å². The minimum Gasteiger partial charge on any atom is -0.358 e. The van der Waals surface area contributed by atoms with Crippen LogP contribution in [0.1, 0.15) is 22.3 Å². The Kier molecular flexibility index (Phi) is 9.41. The van der Waals surface area contributed by atoms with Gasteiger partial charge in [0.15, 0.2) is 0 Å². The van der Waals surface area contributed by atoms with Crippen LogP contribution in [0.15, 0.2) is 48.5 Å². The fourth-order valence-electron chi connectivity index (χ4n) is 2.31. The summed E-state index contributed by atoms with van der Waals surface area (Å²) in [5.41, 5.74) is 5.42. The molecule has 0 aliphatic heterocycles. The molecule has 23 heavy (non-hydrogen) atoms. The highest BCUT2D eigenvalue weighted by Crippen LogP contribution is 2.07. The van der Waals surface area contributed by atoms with Gasteiger partial charge < -0.3 is 10.6 Å².